The number of halogens is 4. The van der Waals surface area contributed by atoms with E-state index in [1.54, 1.807) is 42.5 Å². The third-order valence-corrected chi connectivity index (χ3v) is 7.42. The summed E-state index contributed by atoms with van der Waals surface area (Å²) >= 11 is 5.92. The van der Waals surface area contributed by atoms with Gasteiger partial charge in [-0.25, -0.2) is 4.79 Å². The number of pyridine rings is 1. The first-order valence-electron chi connectivity index (χ1n) is 13.4. The van der Waals surface area contributed by atoms with Crippen molar-refractivity contribution in [2.24, 2.45) is 5.73 Å². The quantitative estimate of drug-likeness (QED) is 0.386. The van der Waals surface area contributed by atoms with Gasteiger partial charge in [0.25, 0.3) is 5.91 Å². The molecule has 2 aliphatic heterocycles. The predicted octanol–water partition coefficient (Wildman–Crippen LogP) is 2.12. The summed E-state index contributed by atoms with van der Waals surface area (Å²) in [7, 11) is 0. The lowest BCUT2D eigenvalue weighted by atomic mass is 9.88. The molecular formula is C28H32ClF3N6O5. The number of carbonyl (C=O) groups excluding carboxylic acids is 4. The van der Waals surface area contributed by atoms with Crippen molar-refractivity contribution in [2.75, 3.05) is 32.8 Å². The molecule has 5 amide bonds. The Hall–Kier alpha value is -3.75. The van der Waals surface area contributed by atoms with Crippen molar-refractivity contribution in [1.29, 1.82) is 0 Å². The molecule has 232 valence electrons. The van der Waals surface area contributed by atoms with Crippen molar-refractivity contribution < 1.29 is 37.1 Å². The molecule has 2 saturated heterocycles. The second kappa shape index (κ2) is 12.5. The maximum Gasteiger partial charge on any atom is 0.406 e. The van der Waals surface area contributed by atoms with Crippen LogP contribution in [0.15, 0.2) is 48.7 Å². The molecule has 2 aromatic rings. The highest BCUT2D eigenvalue weighted by atomic mass is 35.5. The van der Waals surface area contributed by atoms with E-state index in [1.165, 1.54) is 24.9 Å². The zero-order valence-electron chi connectivity index (χ0n) is 23.6. The Morgan fingerprint density at radius 2 is 1.84 bits per heavy atom. The molecule has 1 aromatic heterocycles. The summed E-state index contributed by atoms with van der Waals surface area (Å²) in [6.45, 7) is 0.222. The van der Waals surface area contributed by atoms with E-state index in [1.807, 2.05) is 0 Å². The molecule has 3 N–H and O–H groups in total. The minimum atomic E-state index is -4.83. The van der Waals surface area contributed by atoms with Gasteiger partial charge in [0.1, 0.15) is 18.1 Å². The van der Waals surface area contributed by atoms with Gasteiger partial charge in [-0.1, -0.05) is 29.8 Å². The number of amides is 5. The van der Waals surface area contributed by atoms with E-state index in [0.29, 0.717) is 10.7 Å². The average Bonchev–Trinajstić information content (AvgIpc) is 3.13. The van der Waals surface area contributed by atoms with Gasteiger partial charge in [0.15, 0.2) is 0 Å². The van der Waals surface area contributed by atoms with Gasteiger partial charge in [0.05, 0.1) is 25.3 Å². The fraction of sp³-hybridized carbons (Fsp3) is 0.464. The minimum absolute atomic E-state index is 0.0830. The van der Waals surface area contributed by atoms with Crippen molar-refractivity contribution in [3.63, 3.8) is 0 Å². The molecule has 1 aromatic carbocycles. The Morgan fingerprint density at radius 1 is 1.14 bits per heavy atom. The highest BCUT2D eigenvalue weighted by molar-refractivity contribution is 6.30. The number of imide groups is 1. The normalized spacial score (nSPS) is 19.8. The number of benzene rings is 1. The molecule has 0 aliphatic carbocycles. The number of nitrogens with two attached hydrogens (primary N) is 1. The Balaban J connectivity index is 1.61. The van der Waals surface area contributed by atoms with Crippen LogP contribution in [0.5, 0.6) is 0 Å². The lowest BCUT2D eigenvalue weighted by molar-refractivity contribution is -0.157. The van der Waals surface area contributed by atoms with E-state index >= 15 is 0 Å². The smallest absolute Gasteiger partial charge is 0.374 e. The standard InChI is InChI=1S/C28H32ClF3N6O5/c1-26(2,33)23(40)35-21(15-43-14-18-6-8-19(29)9-7-18)22(39)36-11-12-38-25(42)37(17-28(30,31)32)24(41)27(38,16-36)13-20-5-3-4-10-34-20/h3-10,21H,11-17,33H2,1-2H3,(H,35,40)/t21-,27-/m1/s1. The topological polar surface area (TPSA) is 138 Å². The van der Waals surface area contributed by atoms with E-state index in [9.17, 15) is 32.3 Å². The van der Waals surface area contributed by atoms with Crippen LogP contribution in [0.25, 0.3) is 0 Å². The van der Waals surface area contributed by atoms with Crippen LogP contribution in [-0.2, 0) is 32.1 Å². The fourth-order valence-electron chi connectivity index (χ4n) is 5.01. The van der Waals surface area contributed by atoms with Crippen LogP contribution in [0.3, 0.4) is 0 Å². The number of urea groups is 1. The maximum absolute atomic E-state index is 13.9. The average molecular weight is 625 g/mol. The first kappa shape index (κ1) is 32.2. The number of alkyl halides is 3. The van der Waals surface area contributed by atoms with Gasteiger partial charge < -0.3 is 25.6 Å². The van der Waals surface area contributed by atoms with Crippen molar-refractivity contribution in [1.82, 2.24) is 25.0 Å². The number of piperazine rings is 1. The molecule has 0 unspecified atom stereocenters. The lowest BCUT2D eigenvalue weighted by Crippen LogP contribution is -2.67. The van der Waals surface area contributed by atoms with Gasteiger partial charge >= 0.3 is 12.2 Å². The maximum atomic E-state index is 13.9. The number of aromatic nitrogens is 1. The molecule has 3 heterocycles. The van der Waals surface area contributed by atoms with Crippen molar-refractivity contribution >= 4 is 35.4 Å². The van der Waals surface area contributed by atoms with Gasteiger partial charge in [0, 0.05) is 36.4 Å². The number of nitrogens with one attached hydrogen (secondary N) is 1. The van der Waals surface area contributed by atoms with Crippen LogP contribution in [0.1, 0.15) is 25.1 Å². The number of nitrogens with zero attached hydrogens (tertiary/aromatic N) is 4. The summed E-state index contributed by atoms with van der Waals surface area (Å²) < 4.78 is 45.8. The Bertz CT molecular complexity index is 1360. The molecule has 2 aliphatic rings. The predicted molar refractivity (Wildman–Crippen MR) is 148 cm³/mol. The van der Waals surface area contributed by atoms with Crippen LogP contribution < -0.4 is 11.1 Å². The summed E-state index contributed by atoms with van der Waals surface area (Å²) in [5.41, 5.74) is 3.85. The van der Waals surface area contributed by atoms with Crippen LogP contribution in [0.4, 0.5) is 18.0 Å². The molecule has 2 atom stereocenters. The largest absolute Gasteiger partial charge is 0.406 e. The molecule has 2 fully saturated rings. The zero-order valence-corrected chi connectivity index (χ0v) is 24.3. The number of hydrogen-bond donors (Lipinski definition) is 2. The van der Waals surface area contributed by atoms with Crippen molar-refractivity contribution in [3.8, 4) is 0 Å². The fourth-order valence-corrected chi connectivity index (χ4v) is 5.14. The number of carbonyl (C=O) groups is 4. The van der Waals surface area contributed by atoms with E-state index in [0.717, 1.165) is 10.5 Å². The molecule has 11 nitrogen and oxygen atoms in total. The third kappa shape index (κ3) is 7.43. The first-order chi connectivity index (χ1) is 20.1. The first-order valence-corrected chi connectivity index (χ1v) is 13.8. The molecule has 4 rings (SSSR count). The van der Waals surface area contributed by atoms with Gasteiger partial charge in [-0.15, -0.1) is 0 Å². The summed E-state index contributed by atoms with van der Waals surface area (Å²) in [4.78, 5) is 60.1. The second-order valence-corrected chi connectivity index (χ2v) is 11.6. The van der Waals surface area contributed by atoms with Gasteiger partial charge in [-0.3, -0.25) is 24.3 Å². The molecule has 0 saturated carbocycles. The summed E-state index contributed by atoms with van der Waals surface area (Å²) in [6, 6.07) is 9.31. The van der Waals surface area contributed by atoms with E-state index in [4.69, 9.17) is 22.1 Å². The highest BCUT2D eigenvalue weighted by Gasteiger charge is 2.61. The van der Waals surface area contributed by atoms with Crippen molar-refractivity contribution in [2.45, 2.75) is 50.2 Å². The molecule has 0 spiro atoms. The number of rotatable bonds is 10. The SMILES string of the molecule is CC(C)(N)C(=O)N[C@H](COCc1ccc(Cl)cc1)C(=O)N1CCN2C(=O)N(CC(F)(F)F)C(=O)[C@@]2(Cc2ccccn2)C1. The number of fused-ring (bicyclic) bond motifs is 1. The zero-order chi connectivity index (χ0) is 31.6. The summed E-state index contributed by atoms with van der Waals surface area (Å²) in [5.74, 6) is -2.38. The van der Waals surface area contributed by atoms with Crippen LogP contribution in [0, 0.1) is 0 Å². The highest BCUT2D eigenvalue weighted by Crippen LogP contribution is 2.36. The minimum Gasteiger partial charge on any atom is -0.374 e. The number of ether oxygens (including phenoxy) is 1. The molecule has 0 bridgehead atoms. The Labute approximate surface area is 251 Å². The van der Waals surface area contributed by atoms with E-state index in [-0.39, 0.29) is 37.6 Å². The van der Waals surface area contributed by atoms with Gasteiger partial charge in [0.2, 0.25) is 11.8 Å². The van der Waals surface area contributed by atoms with Gasteiger partial charge in [-0.05, 0) is 43.7 Å². The molecule has 43 heavy (non-hydrogen) atoms. The van der Waals surface area contributed by atoms with E-state index < -0.39 is 60.1 Å². The van der Waals surface area contributed by atoms with Crippen LogP contribution >= 0.6 is 11.6 Å². The molecular weight excluding hydrogens is 593 g/mol. The summed E-state index contributed by atoms with van der Waals surface area (Å²) in [5, 5.41) is 3.12. The monoisotopic (exact) mass is 624 g/mol. The third-order valence-electron chi connectivity index (χ3n) is 7.17. The van der Waals surface area contributed by atoms with Gasteiger partial charge in [-0.2, -0.15) is 13.2 Å². The Kier molecular flexibility index (Phi) is 9.33. The number of hydrogen-bond acceptors (Lipinski definition) is 7. The van der Waals surface area contributed by atoms with Crippen LogP contribution in [-0.4, -0.2) is 99.5 Å². The molecule has 15 heteroatoms. The Morgan fingerprint density at radius 3 is 2.44 bits per heavy atom. The van der Waals surface area contributed by atoms with E-state index in [2.05, 4.69) is 10.3 Å². The van der Waals surface area contributed by atoms with Crippen LogP contribution in [0.2, 0.25) is 5.02 Å². The van der Waals surface area contributed by atoms with Crippen molar-refractivity contribution in [3.05, 3.63) is 64.9 Å². The molecule has 0 radical (unpaired) electrons. The second-order valence-electron chi connectivity index (χ2n) is 11.1. The summed E-state index contributed by atoms with van der Waals surface area (Å²) in [6.07, 6.45) is -3.60. The lowest BCUT2D eigenvalue weighted by Gasteiger charge is -2.45.